The summed E-state index contributed by atoms with van der Waals surface area (Å²) in [7, 11) is 0. The van der Waals surface area contributed by atoms with Gasteiger partial charge in [0.15, 0.2) is 12.1 Å². The van der Waals surface area contributed by atoms with E-state index in [-0.39, 0.29) is 35.4 Å². The Morgan fingerprint density at radius 2 is 1.80 bits per heavy atom. The van der Waals surface area contributed by atoms with Crippen LogP contribution >= 0.6 is 0 Å². The molecule has 1 aliphatic heterocycles. The first-order valence-corrected chi connectivity index (χ1v) is 14.8. The van der Waals surface area contributed by atoms with E-state index in [9.17, 15) is 30.0 Å². The van der Waals surface area contributed by atoms with Gasteiger partial charge < -0.3 is 29.9 Å². The van der Waals surface area contributed by atoms with Gasteiger partial charge in [-0.05, 0) is 68.3 Å². The highest BCUT2D eigenvalue weighted by Gasteiger charge is 2.71. The molecule has 0 bridgehead atoms. The Morgan fingerprint density at radius 3 is 2.40 bits per heavy atom. The SMILES string of the molecule is CC(=O)O[C@@H]1C[C@H]2C(C)(C)C(=O)C=C[C@]2(C)[C@H]2[C@H](O)C[C@]3(C)C(=CC[C@H]3[C@@H]3C[C@H]([C@H](O)C(C)(C)O)O[C@@H]3O)[C@@]21C. The third-order valence-corrected chi connectivity index (χ3v) is 12.0. The number of hydrogen-bond donors (Lipinski definition) is 4. The Morgan fingerprint density at radius 1 is 1.15 bits per heavy atom. The number of ether oxygens (including phenoxy) is 2. The average molecular weight is 561 g/mol. The van der Waals surface area contributed by atoms with Crippen molar-refractivity contribution in [3.63, 3.8) is 0 Å². The van der Waals surface area contributed by atoms with Crippen LogP contribution in [0.1, 0.15) is 81.1 Å². The number of rotatable bonds is 4. The summed E-state index contributed by atoms with van der Waals surface area (Å²) in [6, 6.07) is 0. The van der Waals surface area contributed by atoms with Gasteiger partial charge in [-0.2, -0.15) is 0 Å². The third-order valence-electron chi connectivity index (χ3n) is 12.0. The third kappa shape index (κ3) is 4.03. The smallest absolute Gasteiger partial charge is 0.302 e. The maximum Gasteiger partial charge on any atom is 0.302 e. The Kier molecular flexibility index (Phi) is 6.88. The standard InChI is InChI=1S/C32H48O8/c1-16(33)39-24-14-22-28(2,3)23(35)11-12-30(22,6)25-19(34)15-31(7)18(9-10-21(31)32(24,25)8)17-13-20(40-27(17)37)26(36)29(4,5)38/h10-12,17-20,22,24-27,34,36-38H,9,13-15H2,1-8H3/t17-,18-,19+,20+,22-,24+,25+,26-,27-,30-,31-,32+/m0/s1. The molecule has 1 saturated heterocycles. The molecule has 8 nitrogen and oxygen atoms in total. The van der Waals surface area contributed by atoms with E-state index in [0.717, 1.165) is 5.57 Å². The molecule has 5 aliphatic rings. The molecular formula is C32H48O8. The first-order valence-electron chi connectivity index (χ1n) is 14.8. The highest BCUT2D eigenvalue weighted by Crippen LogP contribution is 2.72. The Labute approximate surface area is 237 Å². The van der Waals surface area contributed by atoms with Crippen molar-refractivity contribution in [3.05, 3.63) is 23.8 Å². The summed E-state index contributed by atoms with van der Waals surface area (Å²) in [6.45, 7) is 14.8. The molecule has 5 rings (SSSR count). The quantitative estimate of drug-likeness (QED) is 0.304. The van der Waals surface area contributed by atoms with Crippen LogP contribution in [0.5, 0.6) is 0 Å². The van der Waals surface area contributed by atoms with E-state index in [1.165, 1.54) is 20.8 Å². The predicted molar refractivity (Wildman–Crippen MR) is 148 cm³/mol. The predicted octanol–water partition coefficient (Wildman–Crippen LogP) is 3.30. The monoisotopic (exact) mass is 560 g/mol. The van der Waals surface area contributed by atoms with Crippen LogP contribution in [0.2, 0.25) is 0 Å². The maximum absolute atomic E-state index is 13.0. The molecule has 3 fully saturated rings. The van der Waals surface area contributed by atoms with Crippen LogP contribution < -0.4 is 0 Å². The van der Waals surface area contributed by atoms with Crippen molar-refractivity contribution in [2.75, 3.05) is 0 Å². The van der Waals surface area contributed by atoms with Crippen LogP contribution in [0, 0.1) is 45.3 Å². The molecule has 0 aromatic heterocycles. The number of hydrogen-bond acceptors (Lipinski definition) is 8. The van der Waals surface area contributed by atoms with Gasteiger partial charge in [0.2, 0.25) is 0 Å². The zero-order valence-corrected chi connectivity index (χ0v) is 25.2. The van der Waals surface area contributed by atoms with Crippen LogP contribution in [0.4, 0.5) is 0 Å². The van der Waals surface area contributed by atoms with E-state index in [0.29, 0.717) is 25.7 Å². The molecule has 0 unspecified atom stereocenters. The number of allylic oxidation sites excluding steroid dienone is 3. The van der Waals surface area contributed by atoms with Gasteiger partial charge in [-0.15, -0.1) is 0 Å². The molecular weight excluding hydrogens is 512 g/mol. The van der Waals surface area contributed by atoms with Gasteiger partial charge in [0, 0.05) is 29.6 Å². The second-order valence-corrected chi connectivity index (χ2v) is 15.1. The number of aliphatic hydroxyl groups excluding tert-OH is 3. The fourth-order valence-corrected chi connectivity index (χ4v) is 10.2. The van der Waals surface area contributed by atoms with Gasteiger partial charge in [-0.25, -0.2) is 0 Å². The zero-order chi connectivity index (χ0) is 29.8. The van der Waals surface area contributed by atoms with Crippen molar-refractivity contribution in [2.45, 2.75) is 117 Å². The minimum atomic E-state index is -1.38. The van der Waals surface area contributed by atoms with E-state index in [1.807, 2.05) is 19.9 Å². The molecule has 8 heteroatoms. The Bertz CT molecular complexity index is 1130. The fraction of sp³-hybridized carbons (Fsp3) is 0.812. The van der Waals surface area contributed by atoms with Gasteiger partial charge in [-0.1, -0.05) is 52.3 Å². The molecule has 40 heavy (non-hydrogen) atoms. The van der Waals surface area contributed by atoms with Crippen molar-refractivity contribution in [1.82, 2.24) is 0 Å². The molecule has 12 atom stereocenters. The van der Waals surface area contributed by atoms with Crippen molar-refractivity contribution in [3.8, 4) is 0 Å². The summed E-state index contributed by atoms with van der Waals surface area (Å²) in [4.78, 5) is 25.5. The number of aliphatic hydroxyl groups is 4. The number of carbonyl (C=O) groups excluding carboxylic acids is 2. The number of carbonyl (C=O) groups is 2. The number of esters is 1. The van der Waals surface area contributed by atoms with Crippen LogP contribution in [0.15, 0.2) is 23.8 Å². The van der Waals surface area contributed by atoms with Crippen LogP contribution in [0.25, 0.3) is 0 Å². The number of ketones is 1. The topological polar surface area (TPSA) is 134 Å². The van der Waals surface area contributed by atoms with Gasteiger partial charge in [-0.3, -0.25) is 9.59 Å². The highest BCUT2D eigenvalue weighted by atomic mass is 16.6. The highest BCUT2D eigenvalue weighted by molar-refractivity contribution is 5.95. The molecule has 1 heterocycles. The summed E-state index contributed by atoms with van der Waals surface area (Å²) in [6.07, 6.45) is 3.66. The van der Waals surface area contributed by atoms with Gasteiger partial charge >= 0.3 is 5.97 Å². The lowest BCUT2D eigenvalue weighted by molar-refractivity contribution is -0.212. The van der Waals surface area contributed by atoms with E-state index < -0.39 is 58.0 Å². The summed E-state index contributed by atoms with van der Waals surface area (Å²) in [5.41, 5.74) is -2.63. The summed E-state index contributed by atoms with van der Waals surface area (Å²) in [5, 5.41) is 44.2. The molecule has 0 amide bonds. The van der Waals surface area contributed by atoms with Crippen LogP contribution in [0.3, 0.4) is 0 Å². The van der Waals surface area contributed by atoms with Crippen molar-refractivity contribution in [2.24, 2.45) is 45.3 Å². The molecule has 0 spiro atoms. The summed E-state index contributed by atoms with van der Waals surface area (Å²) in [5.74, 6) is -1.13. The largest absolute Gasteiger partial charge is 0.462 e. The molecule has 224 valence electrons. The minimum Gasteiger partial charge on any atom is -0.462 e. The van der Waals surface area contributed by atoms with E-state index in [1.54, 1.807) is 6.08 Å². The molecule has 0 aromatic rings. The maximum atomic E-state index is 13.0. The van der Waals surface area contributed by atoms with Gasteiger partial charge in [0.1, 0.15) is 12.2 Å². The number of fused-ring (bicyclic) bond motifs is 5. The van der Waals surface area contributed by atoms with Crippen molar-refractivity contribution >= 4 is 11.8 Å². The Hall–Kier alpha value is -1.58. The fourth-order valence-electron chi connectivity index (χ4n) is 10.2. The lowest BCUT2D eigenvalue weighted by Gasteiger charge is -2.67. The second-order valence-electron chi connectivity index (χ2n) is 15.1. The average Bonchev–Trinajstić information content (AvgIpc) is 3.36. The first-order chi connectivity index (χ1) is 18.3. The second kappa shape index (κ2) is 9.21. The molecule has 0 aromatic carbocycles. The lowest BCUT2D eigenvalue weighted by Crippen LogP contribution is -2.68. The van der Waals surface area contributed by atoms with Crippen LogP contribution in [-0.2, 0) is 19.1 Å². The molecule has 4 aliphatic carbocycles. The summed E-state index contributed by atoms with van der Waals surface area (Å²) < 4.78 is 11.9. The van der Waals surface area contributed by atoms with Crippen molar-refractivity contribution < 1.29 is 39.5 Å². The van der Waals surface area contributed by atoms with Crippen LogP contribution in [-0.4, -0.2) is 68.5 Å². The van der Waals surface area contributed by atoms with Crippen molar-refractivity contribution in [1.29, 1.82) is 0 Å². The van der Waals surface area contributed by atoms with E-state index >= 15 is 0 Å². The van der Waals surface area contributed by atoms with E-state index in [4.69, 9.17) is 9.47 Å². The van der Waals surface area contributed by atoms with Gasteiger partial charge in [0.05, 0.1) is 17.8 Å². The van der Waals surface area contributed by atoms with E-state index in [2.05, 4.69) is 26.8 Å². The normalized spacial score (nSPS) is 48.6. The molecule has 4 N–H and O–H groups in total. The molecule has 2 saturated carbocycles. The molecule has 0 radical (unpaired) electrons. The van der Waals surface area contributed by atoms with Gasteiger partial charge in [0.25, 0.3) is 0 Å². The zero-order valence-electron chi connectivity index (χ0n) is 25.2. The summed E-state index contributed by atoms with van der Waals surface area (Å²) >= 11 is 0. The lowest BCUT2D eigenvalue weighted by atomic mass is 9.37. The minimum absolute atomic E-state index is 0.0495. The first kappa shape index (κ1) is 29.9. The Balaban J connectivity index is 1.55.